The van der Waals surface area contributed by atoms with Gasteiger partial charge in [0, 0.05) is 19.1 Å². The summed E-state index contributed by atoms with van der Waals surface area (Å²) in [6, 6.07) is 6.31. The largest absolute Gasteiger partial charge is 0.416 e. The van der Waals surface area contributed by atoms with Gasteiger partial charge in [-0.25, -0.2) is 0 Å². The van der Waals surface area contributed by atoms with Gasteiger partial charge in [0.1, 0.15) is 0 Å². The van der Waals surface area contributed by atoms with Crippen LogP contribution in [0.2, 0.25) is 0 Å². The third kappa shape index (κ3) is 4.71. The summed E-state index contributed by atoms with van der Waals surface area (Å²) in [5.41, 5.74) is -0.137. The minimum atomic E-state index is -4.28. The minimum absolute atomic E-state index is 0.363. The van der Waals surface area contributed by atoms with Crippen LogP contribution in [0.25, 0.3) is 0 Å². The molecule has 1 aliphatic rings. The molecule has 2 rings (SSSR count). The number of alkyl halides is 3. The van der Waals surface area contributed by atoms with Gasteiger partial charge in [0.15, 0.2) is 0 Å². The molecule has 0 radical (unpaired) electrons. The highest BCUT2D eigenvalue weighted by atomic mass is 19.4. The molecule has 1 unspecified atom stereocenters. The molecule has 1 heterocycles. The first-order valence-electron chi connectivity index (χ1n) is 7.61. The first-order valence-corrected chi connectivity index (χ1v) is 7.61. The van der Waals surface area contributed by atoms with Crippen molar-refractivity contribution in [2.24, 2.45) is 0 Å². The Hall–Kier alpha value is -1.07. The average molecular weight is 300 g/mol. The second-order valence-electron chi connectivity index (χ2n) is 5.68. The summed E-state index contributed by atoms with van der Waals surface area (Å²) in [5, 5.41) is 3.41. The number of rotatable bonds is 6. The van der Waals surface area contributed by atoms with Crippen molar-refractivity contribution in [3.63, 3.8) is 0 Å². The van der Waals surface area contributed by atoms with Crippen LogP contribution < -0.4 is 5.32 Å². The quantitative estimate of drug-likeness (QED) is 0.862. The maximum Gasteiger partial charge on any atom is 0.416 e. The zero-order valence-electron chi connectivity index (χ0n) is 12.4. The molecule has 0 aliphatic carbocycles. The van der Waals surface area contributed by atoms with Gasteiger partial charge in [-0.15, -0.1) is 0 Å². The maximum atomic E-state index is 13.1. The fourth-order valence-electron chi connectivity index (χ4n) is 2.95. The summed E-state index contributed by atoms with van der Waals surface area (Å²) < 4.78 is 39.2. The monoisotopic (exact) mass is 300 g/mol. The zero-order chi connectivity index (χ0) is 15.3. The average Bonchev–Trinajstić information content (AvgIpc) is 2.91. The fourth-order valence-corrected chi connectivity index (χ4v) is 2.95. The third-order valence-electron chi connectivity index (χ3n) is 3.90. The summed E-state index contributed by atoms with van der Waals surface area (Å²) >= 11 is 0. The molecule has 0 saturated carbocycles. The molecule has 0 spiro atoms. The Kier molecular flexibility index (Phi) is 5.65. The molecule has 1 atom stereocenters. The summed E-state index contributed by atoms with van der Waals surface area (Å²) in [7, 11) is 0. The van der Waals surface area contributed by atoms with E-state index in [2.05, 4.69) is 17.1 Å². The Morgan fingerprint density at radius 2 is 2.05 bits per heavy atom. The lowest BCUT2D eigenvalue weighted by atomic mass is 10.1. The van der Waals surface area contributed by atoms with Crippen LogP contribution in [0.15, 0.2) is 24.3 Å². The summed E-state index contributed by atoms with van der Waals surface area (Å²) in [5.74, 6) is 0. The van der Waals surface area contributed by atoms with Gasteiger partial charge in [-0.05, 0) is 44.0 Å². The SMILES string of the molecule is CCCN(Cc1ccccc1C(F)(F)F)CC1CCCN1. The lowest BCUT2D eigenvalue weighted by Gasteiger charge is -2.26. The summed E-state index contributed by atoms with van der Waals surface area (Å²) in [6.07, 6.45) is -1.06. The van der Waals surface area contributed by atoms with Gasteiger partial charge in [-0.3, -0.25) is 4.90 Å². The van der Waals surface area contributed by atoms with Crippen LogP contribution in [-0.2, 0) is 12.7 Å². The van der Waals surface area contributed by atoms with E-state index in [-0.39, 0.29) is 0 Å². The van der Waals surface area contributed by atoms with Gasteiger partial charge >= 0.3 is 6.18 Å². The van der Waals surface area contributed by atoms with Crippen molar-refractivity contribution in [1.82, 2.24) is 10.2 Å². The number of nitrogens with zero attached hydrogens (tertiary/aromatic N) is 1. The van der Waals surface area contributed by atoms with E-state index in [4.69, 9.17) is 0 Å². The fraction of sp³-hybridized carbons (Fsp3) is 0.625. The first kappa shape index (κ1) is 16.3. The van der Waals surface area contributed by atoms with E-state index in [0.717, 1.165) is 38.9 Å². The molecule has 1 aliphatic heterocycles. The molecule has 1 aromatic carbocycles. The number of nitrogens with one attached hydrogen (secondary N) is 1. The van der Waals surface area contributed by atoms with E-state index in [9.17, 15) is 13.2 Å². The summed E-state index contributed by atoms with van der Waals surface area (Å²) in [6.45, 7) is 5.08. The molecule has 21 heavy (non-hydrogen) atoms. The standard InChI is InChI=1S/C16H23F3N2/c1-2-10-21(12-14-7-5-9-20-14)11-13-6-3-4-8-15(13)16(17,18)19/h3-4,6,8,14,20H,2,5,7,9-12H2,1H3. The Balaban J connectivity index is 2.09. The highest BCUT2D eigenvalue weighted by molar-refractivity contribution is 5.29. The van der Waals surface area contributed by atoms with Crippen molar-refractivity contribution >= 4 is 0 Å². The van der Waals surface area contributed by atoms with Crippen LogP contribution in [0.4, 0.5) is 13.2 Å². The molecular formula is C16H23F3N2. The number of hydrogen-bond donors (Lipinski definition) is 1. The second kappa shape index (κ2) is 7.27. The van der Waals surface area contributed by atoms with Gasteiger partial charge in [-0.2, -0.15) is 13.2 Å². The molecule has 1 fully saturated rings. The molecule has 1 N–H and O–H groups in total. The van der Waals surface area contributed by atoms with Crippen LogP contribution in [0.1, 0.15) is 37.3 Å². The van der Waals surface area contributed by atoms with E-state index in [1.54, 1.807) is 12.1 Å². The highest BCUT2D eigenvalue weighted by Crippen LogP contribution is 2.32. The lowest BCUT2D eigenvalue weighted by Crippen LogP contribution is -2.38. The lowest BCUT2D eigenvalue weighted by molar-refractivity contribution is -0.138. The van der Waals surface area contributed by atoms with Gasteiger partial charge in [-0.1, -0.05) is 25.1 Å². The molecule has 0 aromatic heterocycles. The van der Waals surface area contributed by atoms with Crippen molar-refractivity contribution in [3.05, 3.63) is 35.4 Å². The van der Waals surface area contributed by atoms with Crippen molar-refractivity contribution in [1.29, 1.82) is 0 Å². The number of benzene rings is 1. The van der Waals surface area contributed by atoms with E-state index in [1.165, 1.54) is 12.1 Å². The zero-order valence-corrected chi connectivity index (χ0v) is 12.4. The summed E-state index contributed by atoms with van der Waals surface area (Å²) in [4.78, 5) is 2.13. The van der Waals surface area contributed by atoms with Crippen LogP contribution in [0.5, 0.6) is 0 Å². The Labute approximate surface area is 124 Å². The molecule has 0 amide bonds. The van der Waals surface area contributed by atoms with E-state index >= 15 is 0 Å². The van der Waals surface area contributed by atoms with Crippen molar-refractivity contribution in [2.45, 2.75) is 44.9 Å². The highest BCUT2D eigenvalue weighted by Gasteiger charge is 2.33. The van der Waals surface area contributed by atoms with Gasteiger partial charge < -0.3 is 5.32 Å². The number of halogens is 3. The van der Waals surface area contributed by atoms with Gasteiger partial charge in [0.2, 0.25) is 0 Å². The van der Waals surface area contributed by atoms with Crippen LogP contribution >= 0.6 is 0 Å². The van der Waals surface area contributed by atoms with Crippen LogP contribution in [-0.4, -0.2) is 30.6 Å². The Morgan fingerprint density at radius 1 is 1.29 bits per heavy atom. The predicted molar refractivity (Wildman–Crippen MR) is 78.0 cm³/mol. The van der Waals surface area contributed by atoms with E-state index in [0.29, 0.717) is 18.2 Å². The molecule has 1 saturated heterocycles. The van der Waals surface area contributed by atoms with E-state index < -0.39 is 11.7 Å². The van der Waals surface area contributed by atoms with Crippen LogP contribution in [0.3, 0.4) is 0 Å². The molecular weight excluding hydrogens is 277 g/mol. The normalized spacial score (nSPS) is 19.4. The van der Waals surface area contributed by atoms with E-state index in [1.807, 2.05) is 0 Å². The molecule has 0 bridgehead atoms. The van der Waals surface area contributed by atoms with Crippen molar-refractivity contribution < 1.29 is 13.2 Å². The van der Waals surface area contributed by atoms with Crippen molar-refractivity contribution in [3.8, 4) is 0 Å². The smallest absolute Gasteiger partial charge is 0.313 e. The van der Waals surface area contributed by atoms with Gasteiger partial charge in [0.25, 0.3) is 0 Å². The van der Waals surface area contributed by atoms with Crippen molar-refractivity contribution in [2.75, 3.05) is 19.6 Å². The maximum absolute atomic E-state index is 13.1. The third-order valence-corrected chi connectivity index (χ3v) is 3.90. The Morgan fingerprint density at radius 3 is 2.67 bits per heavy atom. The second-order valence-corrected chi connectivity index (χ2v) is 5.68. The minimum Gasteiger partial charge on any atom is -0.313 e. The molecule has 2 nitrogen and oxygen atoms in total. The Bertz CT molecular complexity index is 439. The van der Waals surface area contributed by atoms with Crippen LogP contribution in [0, 0.1) is 0 Å². The molecule has 118 valence electrons. The molecule has 5 heteroatoms. The topological polar surface area (TPSA) is 15.3 Å². The van der Waals surface area contributed by atoms with Gasteiger partial charge in [0.05, 0.1) is 5.56 Å². The number of hydrogen-bond acceptors (Lipinski definition) is 2. The molecule has 1 aromatic rings. The first-order chi connectivity index (χ1) is 10.0. The predicted octanol–water partition coefficient (Wildman–Crippen LogP) is 3.67.